The molecule has 0 heterocycles. The van der Waals surface area contributed by atoms with Gasteiger partial charge in [0.2, 0.25) is 0 Å². The highest BCUT2D eigenvalue weighted by atomic mass is 35.5. The zero-order chi connectivity index (χ0) is 11.0. The van der Waals surface area contributed by atoms with E-state index in [1.165, 1.54) is 45.0 Å². The Labute approximate surface area is 87.9 Å². The third-order valence-electron chi connectivity index (χ3n) is 2.15. The summed E-state index contributed by atoms with van der Waals surface area (Å²) in [5.41, 5.74) is -1.07. The molecule has 0 unspecified atom stereocenters. The molecule has 0 N–H and O–H groups in total. The number of halogens is 3. The highest BCUT2D eigenvalue weighted by Crippen LogP contribution is 2.44. The molecule has 0 aliphatic heterocycles. The summed E-state index contributed by atoms with van der Waals surface area (Å²) >= 11 is 5.63. The molecule has 0 bridgehead atoms. The van der Waals surface area contributed by atoms with Gasteiger partial charge in [-0.25, -0.2) is 8.78 Å². The first-order chi connectivity index (χ1) is 6.25. The molecule has 1 aromatic rings. The molecule has 78 valence electrons. The SMILES string of the molecule is CC(C)(C)C(F)(F)c1ccc(Cl)cc1. The lowest BCUT2D eigenvalue weighted by Crippen LogP contribution is -2.31. The molecule has 0 saturated carbocycles. The topological polar surface area (TPSA) is 0 Å². The lowest BCUT2D eigenvalue weighted by molar-refractivity contribution is -0.104. The summed E-state index contributed by atoms with van der Waals surface area (Å²) in [6, 6.07) is 5.70. The van der Waals surface area contributed by atoms with Crippen molar-refractivity contribution in [3.05, 3.63) is 34.9 Å². The summed E-state index contributed by atoms with van der Waals surface area (Å²) in [7, 11) is 0. The van der Waals surface area contributed by atoms with Crippen LogP contribution in [-0.2, 0) is 5.92 Å². The van der Waals surface area contributed by atoms with Crippen LogP contribution in [0.2, 0.25) is 5.02 Å². The Morgan fingerprint density at radius 2 is 1.43 bits per heavy atom. The van der Waals surface area contributed by atoms with Crippen LogP contribution < -0.4 is 0 Å². The maximum Gasteiger partial charge on any atom is 0.277 e. The second-order valence-electron chi connectivity index (χ2n) is 4.33. The zero-order valence-corrected chi connectivity index (χ0v) is 9.20. The first kappa shape index (κ1) is 11.4. The van der Waals surface area contributed by atoms with Crippen molar-refractivity contribution in [2.24, 2.45) is 5.41 Å². The second-order valence-corrected chi connectivity index (χ2v) is 4.77. The summed E-state index contributed by atoms with van der Waals surface area (Å²) in [6.07, 6.45) is 0. The van der Waals surface area contributed by atoms with E-state index >= 15 is 0 Å². The Hall–Kier alpha value is -0.630. The van der Waals surface area contributed by atoms with E-state index in [0.29, 0.717) is 5.02 Å². The van der Waals surface area contributed by atoms with E-state index in [4.69, 9.17) is 11.6 Å². The second kappa shape index (κ2) is 3.50. The molecule has 0 aliphatic rings. The first-order valence-corrected chi connectivity index (χ1v) is 4.77. The fraction of sp³-hybridized carbons (Fsp3) is 0.455. The van der Waals surface area contributed by atoms with Crippen LogP contribution in [0.5, 0.6) is 0 Å². The van der Waals surface area contributed by atoms with Crippen LogP contribution in [0.4, 0.5) is 8.78 Å². The van der Waals surface area contributed by atoms with Gasteiger partial charge in [0.05, 0.1) is 0 Å². The Morgan fingerprint density at radius 1 is 1.00 bits per heavy atom. The van der Waals surface area contributed by atoms with Crippen LogP contribution in [-0.4, -0.2) is 0 Å². The Balaban J connectivity index is 3.10. The van der Waals surface area contributed by atoms with Gasteiger partial charge >= 0.3 is 0 Å². The third kappa shape index (κ3) is 2.06. The number of benzene rings is 1. The van der Waals surface area contributed by atoms with Crippen molar-refractivity contribution in [2.75, 3.05) is 0 Å². The molecule has 0 fully saturated rings. The molecule has 0 amide bonds. The van der Waals surface area contributed by atoms with Gasteiger partial charge in [0, 0.05) is 16.0 Å². The van der Waals surface area contributed by atoms with Crippen LogP contribution in [0.1, 0.15) is 26.3 Å². The minimum Gasteiger partial charge on any atom is -0.201 e. The molecule has 0 aromatic heterocycles. The highest BCUT2D eigenvalue weighted by Gasteiger charge is 2.44. The van der Waals surface area contributed by atoms with E-state index < -0.39 is 11.3 Å². The lowest BCUT2D eigenvalue weighted by atomic mass is 9.84. The van der Waals surface area contributed by atoms with E-state index in [9.17, 15) is 8.78 Å². The maximum absolute atomic E-state index is 13.8. The van der Waals surface area contributed by atoms with E-state index in [-0.39, 0.29) is 5.56 Å². The van der Waals surface area contributed by atoms with Crippen molar-refractivity contribution in [3.63, 3.8) is 0 Å². The van der Waals surface area contributed by atoms with Crippen molar-refractivity contribution < 1.29 is 8.78 Å². The molecule has 1 aromatic carbocycles. The van der Waals surface area contributed by atoms with Gasteiger partial charge in [-0.15, -0.1) is 0 Å². The number of hydrogen-bond donors (Lipinski definition) is 0. The molecule has 0 radical (unpaired) electrons. The predicted molar refractivity (Wildman–Crippen MR) is 54.8 cm³/mol. The summed E-state index contributed by atoms with van der Waals surface area (Å²) in [5, 5.41) is 0.471. The van der Waals surface area contributed by atoms with E-state index in [2.05, 4.69) is 0 Å². The van der Waals surface area contributed by atoms with Gasteiger partial charge in [-0.05, 0) is 12.1 Å². The van der Waals surface area contributed by atoms with Gasteiger partial charge in [-0.1, -0.05) is 44.5 Å². The maximum atomic E-state index is 13.8. The molecule has 14 heavy (non-hydrogen) atoms. The summed E-state index contributed by atoms with van der Waals surface area (Å²) in [5.74, 6) is -2.84. The minimum atomic E-state index is -2.84. The van der Waals surface area contributed by atoms with Gasteiger partial charge in [0.25, 0.3) is 5.92 Å². The molecular weight excluding hydrogens is 206 g/mol. The minimum absolute atomic E-state index is 0.00870. The number of alkyl halides is 2. The Bertz CT molecular complexity index is 309. The van der Waals surface area contributed by atoms with Crippen molar-refractivity contribution in [3.8, 4) is 0 Å². The van der Waals surface area contributed by atoms with Crippen molar-refractivity contribution in [1.82, 2.24) is 0 Å². The van der Waals surface area contributed by atoms with Gasteiger partial charge in [-0.3, -0.25) is 0 Å². The highest BCUT2D eigenvalue weighted by molar-refractivity contribution is 6.30. The monoisotopic (exact) mass is 218 g/mol. The van der Waals surface area contributed by atoms with E-state index in [0.717, 1.165) is 0 Å². The standard InChI is InChI=1S/C11H13ClF2/c1-10(2,3)11(13,14)8-4-6-9(12)7-5-8/h4-7H,1-3H3. The zero-order valence-electron chi connectivity index (χ0n) is 8.44. The smallest absolute Gasteiger partial charge is 0.201 e. The summed E-state index contributed by atoms with van der Waals surface area (Å²) in [6.45, 7) is 4.55. The van der Waals surface area contributed by atoms with Crippen LogP contribution in [0.3, 0.4) is 0 Å². The predicted octanol–water partition coefficient (Wildman–Crippen LogP) is 4.48. The molecule has 0 aliphatic carbocycles. The average Bonchev–Trinajstić information content (AvgIpc) is 2.03. The van der Waals surface area contributed by atoms with Gasteiger partial charge in [0.15, 0.2) is 0 Å². The molecule has 0 atom stereocenters. The molecule has 3 heteroatoms. The van der Waals surface area contributed by atoms with Crippen LogP contribution >= 0.6 is 11.6 Å². The lowest BCUT2D eigenvalue weighted by Gasteiger charge is -2.30. The first-order valence-electron chi connectivity index (χ1n) is 4.39. The third-order valence-corrected chi connectivity index (χ3v) is 2.40. The molecule has 0 nitrogen and oxygen atoms in total. The van der Waals surface area contributed by atoms with Gasteiger partial charge < -0.3 is 0 Å². The molecular formula is C11H13ClF2. The number of rotatable bonds is 1. The van der Waals surface area contributed by atoms with Crippen molar-refractivity contribution in [2.45, 2.75) is 26.7 Å². The van der Waals surface area contributed by atoms with Crippen molar-refractivity contribution >= 4 is 11.6 Å². The molecule has 1 rings (SSSR count). The molecule has 0 spiro atoms. The Morgan fingerprint density at radius 3 is 1.79 bits per heavy atom. The number of hydrogen-bond acceptors (Lipinski definition) is 0. The van der Waals surface area contributed by atoms with E-state index in [1.807, 2.05) is 0 Å². The summed E-state index contributed by atoms with van der Waals surface area (Å²) in [4.78, 5) is 0. The van der Waals surface area contributed by atoms with Crippen LogP contribution in [0.25, 0.3) is 0 Å². The van der Waals surface area contributed by atoms with Gasteiger partial charge in [0.1, 0.15) is 0 Å². The fourth-order valence-corrected chi connectivity index (χ4v) is 1.22. The normalized spacial score (nSPS) is 13.0. The molecule has 0 saturated heterocycles. The quantitative estimate of drug-likeness (QED) is 0.652. The van der Waals surface area contributed by atoms with Crippen LogP contribution in [0, 0.1) is 5.41 Å². The van der Waals surface area contributed by atoms with E-state index in [1.54, 1.807) is 0 Å². The van der Waals surface area contributed by atoms with Crippen LogP contribution in [0.15, 0.2) is 24.3 Å². The van der Waals surface area contributed by atoms with Gasteiger partial charge in [-0.2, -0.15) is 0 Å². The van der Waals surface area contributed by atoms with Crippen molar-refractivity contribution in [1.29, 1.82) is 0 Å². The fourth-order valence-electron chi connectivity index (χ4n) is 1.09. The summed E-state index contributed by atoms with van der Waals surface area (Å²) < 4.78 is 27.5. The Kier molecular flexibility index (Phi) is 2.86. The largest absolute Gasteiger partial charge is 0.277 e. The average molecular weight is 219 g/mol.